The minimum atomic E-state index is 0.0307. The summed E-state index contributed by atoms with van der Waals surface area (Å²) in [4.78, 5) is 14.7. The van der Waals surface area contributed by atoms with E-state index >= 15 is 0 Å². The fourth-order valence-corrected chi connectivity index (χ4v) is 3.94. The van der Waals surface area contributed by atoms with Gasteiger partial charge in [0.05, 0.1) is 0 Å². The van der Waals surface area contributed by atoms with E-state index in [4.69, 9.17) is 0 Å². The van der Waals surface area contributed by atoms with Crippen LogP contribution in [0.2, 0.25) is 0 Å². The van der Waals surface area contributed by atoms with Gasteiger partial charge in [0.15, 0.2) is 0 Å². The molecule has 0 aromatic carbocycles. The number of amides is 2. The van der Waals surface area contributed by atoms with Gasteiger partial charge in [-0.05, 0) is 45.1 Å². The Balaban J connectivity index is 1.66. The maximum Gasteiger partial charge on any atom is 0.315 e. The number of nitrogens with one attached hydrogen (secondary N) is 2. The van der Waals surface area contributed by atoms with Crippen molar-refractivity contribution in [3.63, 3.8) is 0 Å². The van der Waals surface area contributed by atoms with E-state index in [0.717, 1.165) is 25.3 Å². The third-order valence-electron chi connectivity index (χ3n) is 5.09. The molecule has 2 amide bonds. The second kappa shape index (κ2) is 9.39. The van der Waals surface area contributed by atoms with Crippen molar-refractivity contribution >= 4 is 6.03 Å². The fraction of sp³-hybridized carbons (Fsp3) is 0.944. The number of hydrogen-bond donors (Lipinski definition) is 2. The first kappa shape index (κ1) is 17.6. The van der Waals surface area contributed by atoms with Gasteiger partial charge in [0.25, 0.3) is 0 Å². The zero-order valence-electron chi connectivity index (χ0n) is 14.6. The summed E-state index contributed by atoms with van der Waals surface area (Å²) < 4.78 is 0. The Hall–Kier alpha value is -0.770. The Labute approximate surface area is 136 Å². The van der Waals surface area contributed by atoms with Crippen LogP contribution in [0.15, 0.2) is 0 Å². The predicted octanol–water partition coefficient (Wildman–Crippen LogP) is 3.52. The summed E-state index contributed by atoms with van der Waals surface area (Å²) in [5.74, 6) is 0.796. The standard InChI is InChI=1S/C18H35N3O/c1-15-9-8-12-21(13-15)14-16(2)19-18(22)20-17-10-6-4-3-5-7-11-17/h15-17H,3-14H2,1-2H3,(H2,19,20,22). The number of rotatable bonds is 4. The van der Waals surface area contributed by atoms with Crippen LogP contribution in [0.4, 0.5) is 4.79 Å². The first-order valence-corrected chi connectivity index (χ1v) is 9.43. The van der Waals surface area contributed by atoms with E-state index in [1.165, 1.54) is 58.0 Å². The van der Waals surface area contributed by atoms with Crippen molar-refractivity contribution in [2.24, 2.45) is 5.92 Å². The number of hydrogen-bond acceptors (Lipinski definition) is 2. The highest BCUT2D eigenvalue weighted by molar-refractivity contribution is 5.74. The highest BCUT2D eigenvalue weighted by Gasteiger charge is 2.20. The molecule has 4 heteroatoms. The van der Waals surface area contributed by atoms with Crippen molar-refractivity contribution in [3.05, 3.63) is 0 Å². The molecule has 2 unspecified atom stereocenters. The van der Waals surface area contributed by atoms with Crippen LogP contribution in [0.3, 0.4) is 0 Å². The molecule has 2 fully saturated rings. The van der Waals surface area contributed by atoms with E-state index in [1.807, 2.05) is 0 Å². The third-order valence-corrected chi connectivity index (χ3v) is 5.09. The Morgan fingerprint density at radius 1 is 1.09 bits per heavy atom. The maximum absolute atomic E-state index is 12.2. The van der Waals surface area contributed by atoms with Gasteiger partial charge in [0.2, 0.25) is 0 Å². The smallest absolute Gasteiger partial charge is 0.315 e. The molecule has 0 aromatic rings. The summed E-state index contributed by atoms with van der Waals surface area (Å²) >= 11 is 0. The van der Waals surface area contributed by atoms with Crippen LogP contribution in [0, 0.1) is 5.92 Å². The molecule has 0 spiro atoms. The van der Waals surface area contributed by atoms with Gasteiger partial charge < -0.3 is 15.5 Å². The number of piperidine rings is 1. The van der Waals surface area contributed by atoms with Crippen LogP contribution in [-0.4, -0.2) is 42.6 Å². The quantitative estimate of drug-likeness (QED) is 0.834. The van der Waals surface area contributed by atoms with E-state index in [2.05, 4.69) is 29.4 Å². The number of carbonyl (C=O) groups excluding carboxylic acids is 1. The van der Waals surface area contributed by atoms with Gasteiger partial charge in [0.1, 0.15) is 0 Å². The van der Waals surface area contributed by atoms with E-state index in [1.54, 1.807) is 0 Å². The molecule has 0 bridgehead atoms. The first-order chi connectivity index (χ1) is 10.6. The largest absolute Gasteiger partial charge is 0.335 e. The Morgan fingerprint density at radius 3 is 2.45 bits per heavy atom. The van der Waals surface area contributed by atoms with Gasteiger partial charge in [-0.25, -0.2) is 4.79 Å². The van der Waals surface area contributed by atoms with Gasteiger partial charge in [-0.3, -0.25) is 0 Å². The number of carbonyl (C=O) groups is 1. The average Bonchev–Trinajstić information content (AvgIpc) is 2.41. The minimum absolute atomic E-state index is 0.0307. The summed E-state index contributed by atoms with van der Waals surface area (Å²) in [6, 6.07) is 0.629. The zero-order chi connectivity index (χ0) is 15.8. The Bertz CT molecular complexity index is 326. The summed E-state index contributed by atoms with van der Waals surface area (Å²) in [6.45, 7) is 7.78. The van der Waals surface area contributed by atoms with E-state index in [-0.39, 0.29) is 12.1 Å². The van der Waals surface area contributed by atoms with Crippen LogP contribution in [0.25, 0.3) is 0 Å². The topological polar surface area (TPSA) is 44.4 Å². The van der Waals surface area contributed by atoms with Crippen molar-refractivity contribution in [1.29, 1.82) is 0 Å². The molecule has 4 nitrogen and oxygen atoms in total. The van der Waals surface area contributed by atoms with Gasteiger partial charge in [0, 0.05) is 25.2 Å². The lowest BCUT2D eigenvalue weighted by atomic mass is 9.97. The molecule has 1 saturated carbocycles. The van der Waals surface area contributed by atoms with E-state index < -0.39 is 0 Å². The average molecular weight is 309 g/mol. The van der Waals surface area contributed by atoms with Crippen molar-refractivity contribution in [1.82, 2.24) is 15.5 Å². The zero-order valence-corrected chi connectivity index (χ0v) is 14.6. The first-order valence-electron chi connectivity index (χ1n) is 9.43. The monoisotopic (exact) mass is 309 g/mol. The lowest BCUT2D eigenvalue weighted by molar-refractivity contribution is 0.169. The van der Waals surface area contributed by atoms with Crippen LogP contribution in [-0.2, 0) is 0 Å². The third kappa shape index (κ3) is 6.55. The molecule has 0 aromatic heterocycles. The second-order valence-electron chi connectivity index (χ2n) is 7.57. The van der Waals surface area contributed by atoms with Crippen LogP contribution in [0.5, 0.6) is 0 Å². The van der Waals surface area contributed by atoms with Gasteiger partial charge in [-0.15, -0.1) is 0 Å². The summed E-state index contributed by atoms with van der Waals surface area (Å²) in [7, 11) is 0. The fourth-order valence-electron chi connectivity index (χ4n) is 3.94. The van der Waals surface area contributed by atoms with Crippen molar-refractivity contribution in [2.45, 2.75) is 83.7 Å². The molecule has 2 aliphatic rings. The van der Waals surface area contributed by atoms with Gasteiger partial charge >= 0.3 is 6.03 Å². The molecule has 128 valence electrons. The Morgan fingerprint density at radius 2 is 1.77 bits per heavy atom. The lowest BCUT2D eigenvalue weighted by Crippen LogP contribution is -2.50. The van der Waals surface area contributed by atoms with Gasteiger partial charge in [-0.2, -0.15) is 0 Å². The predicted molar refractivity (Wildman–Crippen MR) is 92.1 cm³/mol. The highest BCUT2D eigenvalue weighted by Crippen LogP contribution is 2.17. The summed E-state index contributed by atoms with van der Waals surface area (Å²) in [5, 5.41) is 6.33. The molecule has 1 aliphatic carbocycles. The molecule has 22 heavy (non-hydrogen) atoms. The lowest BCUT2D eigenvalue weighted by Gasteiger charge is -2.33. The normalized spacial score (nSPS) is 26.7. The molecular formula is C18H35N3O. The molecule has 2 rings (SSSR count). The van der Waals surface area contributed by atoms with Crippen LogP contribution in [0.1, 0.15) is 71.6 Å². The summed E-state index contributed by atoms with van der Waals surface area (Å²) in [5.41, 5.74) is 0. The minimum Gasteiger partial charge on any atom is -0.335 e. The maximum atomic E-state index is 12.2. The van der Waals surface area contributed by atoms with E-state index in [0.29, 0.717) is 6.04 Å². The number of likely N-dealkylation sites (tertiary alicyclic amines) is 1. The molecule has 1 heterocycles. The number of nitrogens with zero attached hydrogens (tertiary/aromatic N) is 1. The van der Waals surface area contributed by atoms with Crippen molar-refractivity contribution in [2.75, 3.05) is 19.6 Å². The van der Waals surface area contributed by atoms with Crippen molar-refractivity contribution in [3.8, 4) is 0 Å². The second-order valence-corrected chi connectivity index (χ2v) is 7.57. The molecule has 1 saturated heterocycles. The van der Waals surface area contributed by atoms with Crippen LogP contribution < -0.4 is 10.6 Å². The Kier molecular flexibility index (Phi) is 7.50. The van der Waals surface area contributed by atoms with Crippen LogP contribution >= 0.6 is 0 Å². The highest BCUT2D eigenvalue weighted by atomic mass is 16.2. The van der Waals surface area contributed by atoms with Gasteiger partial charge in [-0.1, -0.05) is 39.0 Å². The molecule has 1 aliphatic heterocycles. The summed E-state index contributed by atoms with van der Waals surface area (Å²) in [6.07, 6.45) is 11.5. The molecule has 0 radical (unpaired) electrons. The molecular weight excluding hydrogens is 274 g/mol. The van der Waals surface area contributed by atoms with E-state index in [9.17, 15) is 4.79 Å². The van der Waals surface area contributed by atoms with Crippen molar-refractivity contribution < 1.29 is 4.79 Å². The SMILES string of the molecule is CC1CCCN(CC(C)NC(=O)NC2CCCCCCC2)C1. The molecule has 2 atom stereocenters. The molecule has 2 N–H and O–H groups in total. The number of urea groups is 1.